The Morgan fingerprint density at radius 1 is 1.21 bits per heavy atom. The summed E-state index contributed by atoms with van der Waals surface area (Å²) in [5, 5.41) is 6.06. The van der Waals surface area contributed by atoms with Gasteiger partial charge < -0.3 is 5.32 Å². The van der Waals surface area contributed by atoms with Gasteiger partial charge in [-0.1, -0.05) is 45.9 Å². The first kappa shape index (κ1) is 14.0. The van der Waals surface area contributed by atoms with Crippen LogP contribution >= 0.6 is 0 Å². The van der Waals surface area contributed by atoms with Crippen LogP contribution in [0, 0.1) is 0 Å². The van der Waals surface area contributed by atoms with Crippen molar-refractivity contribution in [3.63, 3.8) is 0 Å². The number of hydrogen-bond donors (Lipinski definition) is 1. The maximum atomic E-state index is 4.28. The highest BCUT2D eigenvalue weighted by Crippen LogP contribution is 2.32. The van der Waals surface area contributed by atoms with Crippen molar-refractivity contribution in [1.29, 1.82) is 0 Å². The molecule has 0 saturated heterocycles. The maximum Gasteiger partial charge on any atom is 0.0349 e. The Morgan fingerprint density at radius 2 is 2.00 bits per heavy atom. The SMILES string of the molecule is CC(C)NCCC(C)(C)c1cccc2ccncc12. The molecule has 0 unspecified atom stereocenters. The summed E-state index contributed by atoms with van der Waals surface area (Å²) in [5.74, 6) is 0. The van der Waals surface area contributed by atoms with E-state index in [0.29, 0.717) is 6.04 Å². The van der Waals surface area contributed by atoms with Crippen molar-refractivity contribution in [2.45, 2.75) is 45.6 Å². The fourth-order valence-electron chi connectivity index (χ4n) is 2.51. The quantitative estimate of drug-likeness (QED) is 0.877. The lowest BCUT2D eigenvalue weighted by Crippen LogP contribution is -2.29. The third kappa shape index (κ3) is 3.32. The second kappa shape index (κ2) is 5.70. The zero-order valence-electron chi connectivity index (χ0n) is 12.4. The molecular formula is C17H24N2. The lowest BCUT2D eigenvalue weighted by molar-refractivity contribution is 0.444. The zero-order valence-corrected chi connectivity index (χ0v) is 12.4. The molecule has 19 heavy (non-hydrogen) atoms. The molecule has 0 saturated carbocycles. The van der Waals surface area contributed by atoms with E-state index in [9.17, 15) is 0 Å². The second-order valence-electron chi connectivity index (χ2n) is 6.15. The first-order chi connectivity index (χ1) is 9.00. The predicted octanol–water partition coefficient (Wildman–Crippen LogP) is 3.90. The summed E-state index contributed by atoms with van der Waals surface area (Å²) in [4.78, 5) is 4.28. The first-order valence-corrected chi connectivity index (χ1v) is 7.07. The van der Waals surface area contributed by atoms with E-state index in [1.54, 1.807) is 0 Å². The average molecular weight is 256 g/mol. The van der Waals surface area contributed by atoms with Gasteiger partial charge in [0, 0.05) is 23.8 Å². The standard InChI is InChI=1S/C17H24N2/c1-13(2)19-11-9-17(3,4)16-7-5-6-14-8-10-18-12-15(14)16/h5-8,10,12-13,19H,9,11H2,1-4H3. The Bertz CT molecular complexity index is 538. The number of rotatable bonds is 5. The van der Waals surface area contributed by atoms with E-state index in [-0.39, 0.29) is 5.41 Å². The molecule has 1 heterocycles. The molecule has 0 aliphatic heterocycles. The Labute approximate surface area is 116 Å². The highest BCUT2D eigenvalue weighted by Gasteiger charge is 2.22. The smallest absolute Gasteiger partial charge is 0.0349 e. The van der Waals surface area contributed by atoms with Crippen molar-refractivity contribution in [3.8, 4) is 0 Å². The molecule has 1 aromatic carbocycles. The van der Waals surface area contributed by atoms with E-state index in [1.165, 1.54) is 16.3 Å². The minimum atomic E-state index is 0.157. The van der Waals surface area contributed by atoms with E-state index < -0.39 is 0 Å². The molecule has 0 amide bonds. The number of pyridine rings is 1. The van der Waals surface area contributed by atoms with Crippen molar-refractivity contribution in [2.75, 3.05) is 6.54 Å². The van der Waals surface area contributed by atoms with E-state index in [0.717, 1.165) is 13.0 Å². The van der Waals surface area contributed by atoms with Crippen LogP contribution in [0.5, 0.6) is 0 Å². The van der Waals surface area contributed by atoms with Crippen molar-refractivity contribution in [1.82, 2.24) is 10.3 Å². The second-order valence-corrected chi connectivity index (χ2v) is 6.15. The molecule has 0 bridgehead atoms. The van der Waals surface area contributed by atoms with Crippen LogP contribution in [0.15, 0.2) is 36.7 Å². The van der Waals surface area contributed by atoms with E-state index >= 15 is 0 Å². The molecule has 1 N–H and O–H groups in total. The van der Waals surface area contributed by atoms with Crippen molar-refractivity contribution < 1.29 is 0 Å². The minimum absolute atomic E-state index is 0.157. The third-order valence-corrected chi connectivity index (χ3v) is 3.72. The van der Waals surface area contributed by atoms with Gasteiger partial charge >= 0.3 is 0 Å². The van der Waals surface area contributed by atoms with Gasteiger partial charge in [-0.2, -0.15) is 0 Å². The van der Waals surface area contributed by atoms with Crippen LogP contribution in [-0.4, -0.2) is 17.6 Å². The van der Waals surface area contributed by atoms with Crippen molar-refractivity contribution >= 4 is 10.8 Å². The summed E-state index contributed by atoms with van der Waals surface area (Å²) in [6.45, 7) is 10.1. The van der Waals surface area contributed by atoms with Gasteiger partial charge in [0.05, 0.1) is 0 Å². The average Bonchev–Trinajstić information content (AvgIpc) is 2.37. The summed E-state index contributed by atoms with van der Waals surface area (Å²) < 4.78 is 0. The Balaban J connectivity index is 2.27. The fourth-order valence-corrected chi connectivity index (χ4v) is 2.51. The minimum Gasteiger partial charge on any atom is -0.315 e. The Kier molecular flexibility index (Phi) is 4.20. The molecule has 102 valence electrons. The molecule has 0 atom stereocenters. The van der Waals surface area contributed by atoms with Gasteiger partial charge in [-0.15, -0.1) is 0 Å². The van der Waals surface area contributed by atoms with Crippen LogP contribution in [0.25, 0.3) is 10.8 Å². The number of hydrogen-bond acceptors (Lipinski definition) is 2. The van der Waals surface area contributed by atoms with E-state index in [4.69, 9.17) is 0 Å². The van der Waals surface area contributed by atoms with Crippen molar-refractivity contribution in [2.24, 2.45) is 0 Å². The molecule has 2 heteroatoms. The molecule has 0 aliphatic rings. The summed E-state index contributed by atoms with van der Waals surface area (Å²) in [6.07, 6.45) is 4.97. The van der Waals surface area contributed by atoms with Crippen LogP contribution in [0.1, 0.15) is 39.7 Å². The monoisotopic (exact) mass is 256 g/mol. The van der Waals surface area contributed by atoms with Gasteiger partial charge in [-0.05, 0) is 35.4 Å². The zero-order chi connectivity index (χ0) is 13.9. The largest absolute Gasteiger partial charge is 0.315 e. The van der Waals surface area contributed by atoms with Crippen LogP contribution < -0.4 is 5.32 Å². The molecule has 1 aromatic heterocycles. The molecule has 0 fully saturated rings. The Morgan fingerprint density at radius 3 is 2.74 bits per heavy atom. The number of nitrogens with one attached hydrogen (secondary N) is 1. The number of nitrogens with zero attached hydrogens (tertiary/aromatic N) is 1. The molecule has 0 radical (unpaired) electrons. The highest BCUT2D eigenvalue weighted by molar-refractivity contribution is 5.85. The molecule has 2 rings (SSSR count). The highest BCUT2D eigenvalue weighted by atomic mass is 14.9. The van der Waals surface area contributed by atoms with Crippen LogP contribution in [-0.2, 0) is 5.41 Å². The number of fused-ring (bicyclic) bond motifs is 1. The summed E-state index contributed by atoms with van der Waals surface area (Å²) >= 11 is 0. The fraction of sp³-hybridized carbons (Fsp3) is 0.471. The first-order valence-electron chi connectivity index (χ1n) is 7.07. The summed E-state index contributed by atoms with van der Waals surface area (Å²) in [5.41, 5.74) is 1.55. The third-order valence-electron chi connectivity index (χ3n) is 3.72. The molecule has 0 aliphatic carbocycles. The molecule has 2 nitrogen and oxygen atoms in total. The normalized spacial score (nSPS) is 12.3. The van der Waals surface area contributed by atoms with Crippen LogP contribution in [0.4, 0.5) is 0 Å². The van der Waals surface area contributed by atoms with Gasteiger partial charge in [0.2, 0.25) is 0 Å². The molecule has 2 aromatic rings. The van der Waals surface area contributed by atoms with E-state index in [2.05, 4.69) is 62.3 Å². The Hall–Kier alpha value is -1.41. The van der Waals surface area contributed by atoms with Crippen molar-refractivity contribution in [3.05, 3.63) is 42.2 Å². The van der Waals surface area contributed by atoms with Gasteiger partial charge in [0.25, 0.3) is 0 Å². The van der Waals surface area contributed by atoms with Gasteiger partial charge in [-0.3, -0.25) is 4.98 Å². The number of aromatic nitrogens is 1. The van der Waals surface area contributed by atoms with Gasteiger partial charge in [-0.25, -0.2) is 0 Å². The lowest BCUT2D eigenvalue weighted by atomic mass is 9.79. The summed E-state index contributed by atoms with van der Waals surface area (Å²) in [7, 11) is 0. The lowest BCUT2D eigenvalue weighted by Gasteiger charge is -2.27. The molecular weight excluding hydrogens is 232 g/mol. The molecule has 0 spiro atoms. The van der Waals surface area contributed by atoms with Gasteiger partial charge in [0.1, 0.15) is 0 Å². The topological polar surface area (TPSA) is 24.9 Å². The van der Waals surface area contributed by atoms with E-state index in [1.807, 2.05) is 12.4 Å². The van der Waals surface area contributed by atoms with Crippen LogP contribution in [0.3, 0.4) is 0 Å². The van der Waals surface area contributed by atoms with Gasteiger partial charge in [0.15, 0.2) is 0 Å². The maximum absolute atomic E-state index is 4.28. The predicted molar refractivity (Wildman–Crippen MR) is 82.5 cm³/mol. The van der Waals surface area contributed by atoms with Crippen LogP contribution in [0.2, 0.25) is 0 Å². The summed E-state index contributed by atoms with van der Waals surface area (Å²) in [6, 6.07) is 9.17. The number of benzene rings is 1.